The normalized spacial score (nSPS) is 36.5. The Balaban J connectivity index is 1.56. The molecule has 2 fully saturated rings. The summed E-state index contributed by atoms with van der Waals surface area (Å²) in [5.74, 6) is 1.93. The van der Waals surface area contributed by atoms with Gasteiger partial charge in [0.1, 0.15) is 11.8 Å². The van der Waals surface area contributed by atoms with Crippen molar-refractivity contribution in [2.45, 2.75) is 77.4 Å². The van der Waals surface area contributed by atoms with Crippen LogP contribution in [0.3, 0.4) is 0 Å². The van der Waals surface area contributed by atoms with E-state index in [2.05, 4.69) is 48.8 Å². The number of fused-ring (bicyclic) bond motifs is 3. The second kappa shape index (κ2) is 5.85. The molecule has 28 heavy (non-hydrogen) atoms. The van der Waals surface area contributed by atoms with Gasteiger partial charge in [-0.3, -0.25) is 4.90 Å². The molecule has 4 atom stereocenters. The minimum atomic E-state index is 0.272. The highest BCUT2D eigenvalue weighted by Gasteiger charge is 2.59. The predicted molar refractivity (Wildman–Crippen MR) is 110 cm³/mol. The maximum atomic E-state index is 6.26. The minimum absolute atomic E-state index is 0.272. The second-order valence-electron chi connectivity index (χ2n) is 9.49. The summed E-state index contributed by atoms with van der Waals surface area (Å²) in [6, 6.07) is 1.34. The van der Waals surface area contributed by atoms with E-state index in [1.54, 1.807) is 16.8 Å². The van der Waals surface area contributed by atoms with Crippen LogP contribution in [0.2, 0.25) is 0 Å². The van der Waals surface area contributed by atoms with Crippen LogP contribution in [0, 0.1) is 19.3 Å². The number of oxazole rings is 1. The molecule has 1 aromatic heterocycles. The lowest BCUT2D eigenvalue weighted by Crippen LogP contribution is -2.61. The summed E-state index contributed by atoms with van der Waals surface area (Å²) in [6.45, 7) is 9.05. The topological polar surface area (TPSA) is 32.5 Å². The van der Waals surface area contributed by atoms with Crippen molar-refractivity contribution in [1.82, 2.24) is 14.8 Å². The Labute approximate surface area is 168 Å². The molecule has 4 aliphatic heterocycles. The first kappa shape index (κ1) is 17.1. The van der Waals surface area contributed by atoms with Gasteiger partial charge in [0.05, 0.1) is 17.8 Å². The van der Waals surface area contributed by atoms with E-state index in [9.17, 15) is 0 Å². The van der Waals surface area contributed by atoms with Gasteiger partial charge in [0, 0.05) is 12.2 Å². The summed E-state index contributed by atoms with van der Waals surface area (Å²) >= 11 is 0. The number of nitrogens with zero attached hydrogens (tertiary/aromatic N) is 3. The molecule has 5 heterocycles. The minimum Gasteiger partial charge on any atom is -0.443 e. The van der Waals surface area contributed by atoms with Gasteiger partial charge in [-0.25, -0.2) is 4.98 Å². The SMILES string of the molecule is CC[C@@]12CCCN3CCC4=C(C31)N(C1CC=CC=C41)C(c1nc(C)c(C)o1)C2. The zero-order valence-corrected chi connectivity index (χ0v) is 17.4. The molecule has 2 saturated heterocycles. The molecular formula is C24H31N3O. The van der Waals surface area contributed by atoms with Crippen LogP contribution in [-0.4, -0.2) is 40.0 Å². The Morgan fingerprint density at radius 2 is 2.14 bits per heavy atom. The van der Waals surface area contributed by atoms with E-state index in [1.807, 2.05) is 0 Å². The lowest BCUT2D eigenvalue weighted by molar-refractivity contribution is -0.0569. The lowest BCUT2D eigenvalue weighted by Gasteiger charge is -2.59. The van der Waals surface area contributed by atoms with Crippen LogP contribution < -0.4 is 0 Å². The highest BCUT2D eigenvalue weighted by Crippen LogP contribution is 2.61. The van der Waals surface area contributed by atoms with Crippen molar-refractivity contribution in [3.05, 3.63) is 52.4 Å². The molecule has 0 N–H and O–H groups in total. The van der Waals surface area contributed by atoms with E-state index in [-0.39, 0.29) is 6.04 Å². The molecule has 3 unspecified atom stereocenters. The quantitative estimate of drug-likeness (QED) is 0.739. The van der Waals surface area contributed by atoms with Crippen molar-refractivity contribution in [2.24, 2.45) is 5.41 Å². The predicted octanol–water partition coefficient (Wildman–Crippen LogP) is 4.83. The average Bonchev–Trinajstić information content (AvgIpc) is 3.24. The summed E-state index contributed by atoms with van der Waals surface area (Å²) in [5, 5.41) is 0. The van der Waals surface area contributed by atoms with Crippen molar-refractivity contribution in [1.29, 1.82) is 0 Å². The van der Waals surface area contributed by atoms with Crippen molar-refractivity contribution >= 4 is 0 Å². The van der Waals surface area contributed by atoms with Crippen LogP contribution in [0.5, 0.6) is 0 Å². The molecule has 0 saturated carbocycles. The summed E-state index contributed by atoms with van der Waals surface area (Å²) in [7, 11) is 0. The van der Waals surface area contributed by atoms with Crippen LogP contribution in [-0.2, 0) is 0 Å². The first-order valence-electron chi connectivity index (χ1n) is 11.2. The number of hydrogen-bond donors (Lipinski definition) is 0. The molecule has 0 radical (unpaired) electrons. The fourth-order valence-corrected chi connectivity index (χ4v) is 6.92. The van der Waals surface area contributed by atoms with Crippen LogP contribution in [0.4, 0.5) is 0 Å². The molecule has 1 aliphatic carbocycles. The fraction of sp³-hybridized carbons (Fsp3) is 0.625. The number of allylic oxidation sites excluding steroid dienone is 2. The molecular weight excluding hydrogens is 346 g/mol. The van der Waals surface area contributed by atoms with Crippen molar-refractivity contribution < 1.29 is 4.42 Å². The molecule has 0 amide bonds. The maximum Gasteiger partial charge on any atom is 0.217 e. The van der Waals surface area contributed by atoms with Crippen molar-refractivity contribution in [2.75, 3.05) is 13.1 Å². The fourth-order valence-electron chi connectivity index (χ4n) is 6.92. The Morgan fingerprint density at radius 1 is 1.25 bits per heavy atom. The molecule has 4 heteroatoms. The Hall–Kier alpha value is -1.81. The smallest absolute Gasteiger partial charge is 0.217 e. The van der Waals surface area contributed by atoms with Gasteiger partial charge in [0.25, 0.3) is 0 Å². The van der Waals surface area contributed by atoms with Crippen LogP contribution in [0.15, 0.2) is 39.5 Å². The first-order chi connectivity index (χ1) is 13.6. The highest BCUT2D eigenvalue weighted by molar-refractivity contribution is 5.53. The van der Waals surface area contributed by atoms with Gasteiger partial charge in [-0.15, -0.1) is 0 Å². The van der Waals surface area contributed by atoms with E-state index in [4.69, 9.17) is 9.40 Å². The maximum absolute atomic E-state index is 6.26. The Bertz CT molecular complexity index is 903. The number of rotatable bonds is 2. The lowest BCUT2D eigenvalue weighted by atomic mass is 9.62. The highest BCUT2D eigenvalue weighted by atomic mass is 16.4. The third-order valence-electron chi connectivity index (χ3n) is 8.34. The van der Waals surface area contributed by atoms with E-state index in [1.165, 1.54) is 45.2 Å². The molecule has 148 valence electrons. The largest absolute Gasteiger partial charge is 0.443 e. The number of hydrogen-bond acceptors (Lipinski definition) is 4. The van der Waals surface area contributed by atoms with Crippen LogP contribution in [0.25, 0.3) is 0 Å². The van der Waals surface area contributed by atoms with E-state index in [0.29, 0.717) is 17.5 Å². The second-order valence-corrected chi connectivity index (χ2v) is 9.49. The zero-order valence-electron chi connectivity index (χ0n) is 17.4. The van der Waals surface area contributed by atoms with Gasteiger partial charge in [-0.05, 0) is 75.5 Å². The summed E-state index contributed by atoms with van der Waals surface area (Å²) in [5.41, 5.74) is 6.28. The third-order valence-corrected chi connectivity index (χ3v) is 8.34. The Morgan fingerprint density at radius 3 is 2.93 bits per heavy atom. The van der Waals surface area contributed by atoms with Gasteiger partial charge in [-0.2, -0.15) is 0 Å². The zero-order chi connectivity index (χ0) is 19.0. The van der Waals surface area contributed by atoms with Gasteiger partial charge < -0.3 is 9.32 Å². The molecule has 5 aliphatic rings. The van der Waals surface area contributed by atoms with Crippen molar-refractivity contribution in [3.8, 4) is 0 Å². The number of piperidine rings is 2. The summed E-state index contributed by atoms with van der Waals surface area (Å²) in [4.78, 5) is 10.5. The summed E-state index contributed by atoms with van der Waals surface area (Å²) in [6.07, 6.45) is 14.4. The first-order valence-corrected chi connectivity index (χ1v) is 11.2. The average molecular weight is 378 g/mol. The molecule has 6 rings (SSSR count). The van der Waals surface area contributed by atoms with Crippen LogP contribution >= 0.6 is 0 Å². The van der Waals surface area contributed by atoms with Crippen molar-refractivity contribution in [3.63, 3.8) is 0 Å². The van der Waals surface area contributed by atoms with Gasteiger partial charge in [0.2, 0.25) is 5.89 Å². The molecule has 0 spiro atoms. The van der Waals surface area contributed by atoms with E-state index in [0.717, 1.165) is 23.8 Å². The summed E-state index contributed by atoms with van der Waals surface area (Å²) < 4.78 is 6.26. The molecule has 0 aromatic carbocycles. The standard InChI is InChI=1S/C24H31N3O/c1-4-24-11-7-12-26-13-10-18-17-8-5-6-9-19(17)27(21(18)22(24)26)20(14-24)23-25-15(2)16(3)28-23/h5-6,8,19-20,22H,4,7,9-14H2,1-3H3/t19?,20?,22?,24-/m0/s1. The third kappa shape index (κ3) is 2.07. The van der Waals surface area contributed by atoms with Gasteiger partial charge in [0.15, 0.2) is 0 Å². The van der Waals surface area contributed by atoms with Gasteiger partial charge >= 0.3 is 0 Å². The molecule has 0 bridgehead atoms. The van der Waals surface area contributed by atoms with Gasteiger partial charge in [-0.1, -0.05) is 25.2 Å². The number of aromatic nitrogens is 1. The van der Waals surface area contributed by atoms with E-state index < -0.39 is 0 Å². The Kier molecular flexibility index (Phi) is 3.57. The van der Waals surface area contributed by atoms with E-state index >= 15 is 0 Å². The molecule has 4 nitrogen and oxygen atoms in total. The monoisotopic (exact) mass is 377 g/mol. The van der Waals surface area contributed by atoms with Crippen LogP contribution in [0.1, 0.15) is 68.8 Å². The molecule has 1 aromatic rings. The number of aryl methyl sites for hydroxylation is 2.